The van der Waals surface area contributed by atoms with Crippen molar-refractivity contribution >= 4 is 17.3 Å². The average Bonchev–Trinajstić information content (AvgIpc) is 2.31. The molecule has 94 valence electrons. The van der Waals surface area contributed by atoms with Gasteiger partial charge in [0.2, 0.25) is 0 Å². The summed E-state index contributed by atoms with van der Waals surface area (Å²) in [6, 6.07) is 5.33. The average molecular weight is 238 g/mol. The zero-order valence-corrected chi connectivity index (χ0v) is 10.1. The molecule has 5 nitrogen and oxygen atoms in total. The van der Waals surface area contributed by atoms with E-state index >= 15 is 0 Å². The summed E-state index contributed by atoms with van der Waals surface area (Å²) in [5.41, 5.74) is 7.87. The Balaban J connectivity index is 2.64. The first-order valence-corrected chi connectivity index (χ1v) is 5.44. The van der Waals surface area contributed by atoms with Gasteiger partial charge in [0.1, 0.15) is 6.10 Å². The Labute approximate surface area is 101 Å². The van der Waals surface area contributed by atoms with Crippen molar-refractivity contribution in [2.45, 2.75) is 20.0 Å². The number of rotatable bonds is 5. The molecule has 0 bridgehead atoms. The zero-order chi connectivity index (χ0) is 12.8. The van der Waals surface area contributed by atoms with Crippen LogP contribution in [0.4, 0.5) is 11.4 Å². The fraction of sp³-hybridized carbons (Fsp3) is 0.417. The molecule has 0 heterocycles. The number of aliphatic hydroxyl groups excluding tert-OH is 1. The first-order valence-electron chi connectivity index (χ1n) is 5.44. The minimum Gasteiger partial charge on any atom is -0.398 e. The Kier molecular flexibility index (Phi) is 4.93. The van der Waals surface area contributed by atoms with Crippen LogP contribution < -0.4 is 11.1 Å². The molecule has 0 radical (unpaired) electrons. The number of hydrogen-bond acceptors (Lipinski definition) is 4. The van der Waals surface area contributed by atoms with E-state index in [0.717, 1.165) is 5.56 Å². The van der Waals surface area contributed by atoms with Crippen LogP contribution in [0.3, 0.4) is 0 Å². The molecule has 17 heavy (non-hydrogen) atoms. The second kappa shape index (κ2) is 6.22. The summed E-state index contributed by atoms with van der Waals surface area (Å²) in [7, 11) is 0. The Morgan fingerprint density at radius 3 is 2.94 bits per heavy atom. The Bertz CT molecular complexity index is 393. The van der Waals surface area contributed by atoms with Crippen LogP contribution in [0.1, 0.15) is 12.5 Å². The van der Waals surface area contributed by atoms with Gasteiger partial charge in [0.25, 0.3) is 5.91 Å². The Morgan fingerprint density at radius 1 is 1.59 bits per heavy atom. The number of ether oxygens (including phenoxy) is 1. The predicted molar refractivity (Wildman–Crippen MR) is 66.7 cm³/mol. The van der Waals surface area contributed by atoms with E-state index in [2.05, 4.69) is 5.32 Å². The number of aliphatic hydroxyl groups is 1. The molecule has 0 spiro atoms. The number of carbonyl (C=O) groups is 1. The topological polar surface area (TPSA) is 84.6 Å². The summed E-state index contributed by atoms with van der Waals surface area (Å²) < 4.78 is 5.10. The lowest BCUT2D eigenvalue weighted by molar-refractivity contribution is -0.126. The summed E-state index contributed by atoms with van der Waals surface area (Å²) in [6.45, 7) is 3.51. The minimum atomic E-state index is -0.608. The number of carbonyl (C=O) groups excluding carboxylic acids is 1. The van der Waals surface area contributed by atoms with Crippen LogP contribution in [-0.2, 0) is 9.53 Å². The molecule has 0 aliphatic carbocycles. The normalized spacial score (nSPS) is 12.2. The molecule has 1 atom stereocenters. The fourth-order valence-electron chi connectivity index (χ4n) is 1.33. The highest BCUT2D eigenvalue weighted by Gasteiger charge is 2.14. The second-order valence-corrected chi connectivity index (χ2v) is 3.75. The van der Waals surface area contributed by atoms with Gasteiger partial charge >= 0.3 is 0 Å². The van der Waals surface area contributed by atoms with E-state index in [1.165, 1.54) is 0 Å². The molecule has 0 saturated carbocycles. The monoisotopic (exact) mass is 238 g/mol. The van der Waals surface area contributed by atoms with Gasteiger partial charge in [-0.25, -0.2) is 0 Å². The molecule has 4 N–H and O–H groups in total. The summed E-state index contributed by atoms with van der Waals surface area (Å²) in [6.07, 6.45) is -0.608. The van der Waals surface area contributed by atoms with Gasteiger partial charge in [-0.2, -0.15) is 0 Å². The van der Waals surface area contributed by atoms with Gasteiger partial charge in [-0.15, -0.1) is 0 Å². The molecular weight excluding hydrogens is 220 g/mol. The third-order valence-electron chi connectivity index (χ3n) is 2.46. The van der Waals surface area contributed by atoms with Gasteiger partial charge in [-0.3, -0.25) is 4.79 Å². The predicted octanol–water partition coefficient (Wildman–Crippen LogP) is 0.913. The van der Waals surface area contributed by atoms with Gasteiger partial charge in [-0.05, 0) is 31.5 Å². The van der Waals surface area contributed by atoms with Gasteiger partial charge in [-0.1, -0.05) is 6.07 Å². The van der Waals surface area contributed by atoms with E-state index < -0.39 is 6.10 Å². The molecule has 1 amide bonds. The second-order valence-electron chi connectivity index (χ2n) is 3.75. The third kappa shape index (κ3) is 3.72. The van der Waals surface area contributed by atoms with E-state index in [-0.39, 0.29) is 19.1 Å². The lowest BCUT2D eigenvalue weighted by Gasteiger charge is -2.14. The van der Waals surface area contributed by atoms with Crippen LogP contribution in [0, 0.1) is 6.92 Å². The SMILES string of the molecule is Cc1c(N)cccc1NC(=O)C(C)OCCO. The number of nitrogens with one attached hydrogen (secondary N) is 1. The molecule has 0 aromatic heterocycles. The van der Waals surface area contributed by atoms with Crippen LogP contribution in [0.15, 0.2) is 18.2 Å². The summed E-state index contributed by atoms with van der Waals surface area (Å²) in [5.74, 6) is -0.257. The molecule has 0 fully saturated rings. The molecule has 1 rings (SSSR count). The number of hydrogen-bond donors (Lipinski definition) is 3. The van der Waals surface area contributed by atoms with Gasteiger partial charge in [0.05, 0.1) is 13.2 Å². The van der Waals surface area contributed by atoms with Crippen molar-refractivity contribution in [2.24, 2.45) is 0 Å². The Hall–Kier alpha value is -1.59. The highest BCUT2D eigenvalue weighted by molar-refractivity contribution is 5.95. The number of benzene rings is 1. The number of nitrogen functional groups attached to an aromatic ring is 1. The van der Waals surface area contributed by atoms with Crippen LogP contribution in [0.25, 0.3) is 0 Å². The highest BCUT2D eigenvalue weighted by atomic mass is 16.5. The number of anilines is 2. The van der Waals surface area contributed by atoms with E-state index in [1.807, 2.05) is 6.92 Å². The van der Waals surface area contributed by atoms with Crippen molar-refractivity contribution in [1.29, 1.82) is 0 Å². The molecule has 0 saturated heterocycles. The van der Waals surface area contributed by atoms with Crippen molar-refractivity contribution in [3.05, 3.63) is 23.8 Å². The highest BCUT2D eigenvalue weighted by Crippen LogP contribution is 2.20. The minimum absolute atomic E-state index is 0.102. The van der Waals surface area contributed by atoms with Crippen molar-refractivity contribution < 1.29 is 14.6 Å². The molecule has 1 aromatic carbocycles. The van der Waals surface area contributed by atoms with Crippen molar-refractivity contribution in [3.63, 3.8) is 0 Å². The van der Waals surface area contributed by atoms with Crippen molar-refractivity contribution in [2.75, 3.05) is 24.3 Å². The summed E-state index contributed by atoms with van der Waals surface area (Å²) in [4.78, 5) is 11.7. The maximum Gasteiger partial charge on any atom is 0.253 e. The van der Waals surface area contributed by atoms with Crippen molar-refractivity contribution in [3.8, 4) is 0 Å². The molecule has 5 heteroatoms. The largest absolute Gasteiger partial charge is 0.398 e. The molecule has 0 aliphatic rings. The molecule has 1 aromatic rings. The van der Waals surface area contributed by atoms with Crippen LogP contribution in [-0.4, -0.2) is 30.3 Å². The van der Waals surface area contributed by atoms with Crippen LogP contribution in [0.5, 0.6) is 0 Å². The van der Waals surface area contributed by atoms with Gasteiger partial charge in [0.15, 0.2) is 0 Å². The maximum absolute atomic E-state index is 11.7. The first-order chi connectivity index (χ1) is 8.06. The first kappa shape index (κ1) is 13.5. The smallest absolute Gasteiger partial charge is 0.253 e. The van der Waals surface area contributed by atoms with Gasteiger partial charge < -0.3 is 20.9 Å². The maximum atomic E-state index is 11.7. The Morgan fingerprint density at radius 2 is 2.29 bits per heavy atom. The fourth-order valence-corrected chi connectivity index (χ4v) is 1.33. The standard InChI is InChI=1S/C12H18N2O3/c1-8-10(13)4-3-5-11(8)14-12(16)9(2)17-7-6-15/h3-5,9,15H,6-7,13H2,1-2H3,(H,14,16). The lowest BCUT2D eigenvalue weighted by Crippen LogP contribution is -2.29. The summed E-state index contributed by atoms with van der Waals surface area (Å²) in [5, 5.41) is 11.3. The number of nitrogens with two attached hydrogens (primary N) is 1. The lowest BCUT2D eigenvalue weighted by atomic mass is 10.1. The van der Waals surface area contributed by atoms with Crippen molar-refractivity contribution in [1.82, 2.24) is 0 Å². The molecule has 0 aliphatic heterocycles. The molecular formula is C12H18N2O3. The quantitative estimate of drug-likeness (QED) is 0.666. The van der Waals surface area contributed by atoms with E-state index in [4.69, 9.17) is 15.6 Å². The van der Waals surface area contributed by atoms with Crippen LogP contribution in [0.2, 0.25) is 0 Å². The molecule has 1 unspecified atom stereocenters. The van der Waals surface area contributed by atoms with Gasteiger partial charge in [0, 0.05) is 11.4 Å². The van der Waals surface area contributed by atoms with Crippen LogP contribution >= 0.6 is 0 Å². The zero-order valence-electron chi connectivity index (χ0n) is 10.1. The van der Waals surface area contributed by atoms with E-state index in [1.54, 1.807) is 25.1 Å². The third-order valence-corrected chi connectivity index (χ3v) is 2.46. The van der Waals surface area contributed by atoms with E-state index in [9.17, 15) is 4.79 Å². The summed E-state index contributed by atoms with van der Waals surface area (Å²) >= 11 is 0. The number of amides is 1. The van der Waals surface area contributed by atoms with E-state index in [0.29, 0.717) is 11.4 Å².